The number of carbonyl (C=O) groups excluding carboxylic acids is 1. The van der Waals surface area contributed by atoms with Crippen LogP contribution in [0.5, 0.6) is 0 Å². The Morgan fingerprint density at radius 2 is 1.79 bits per heavy atom. The minimum Gasteiger partial charge on any atom is -0.390 e. The summed E-state index contributed by atoms with van der Waals surface area (Å²) < 4.78 is 69.6. The molecule has 1 amide bonds. The van der Waals surface area contributed by atoms with Crippen molar-refractivity contribution in [3.8, 4) is 11.3 Å². The number of nitrogens with zero attached hydrogens (tertiary/aromatic N) is 4. The third kappa shape index (κ3) is 6.86. The maximum absolute atomic E-state index is 14.0. The smallest absolute Gasteiger partial charge is 0.390 e. The van der Waals surface area contributed by atoms with Crippen molar-refractivity contribution < 1.29 is 31.5 Å². The van der Waals surface area contributed by atoms with E-state index in [4.69, 9.17) is 0 Å². The van der Waals surface area contributed by atoms with Crippen LogP contribution < -0.4 is 5.32 Å². The molecule has 226 valence electrons. The minimum absolute atomic E-state index is 0.0116. The molecule has 3 heterocycles. The summed E-state index contributed by atoms with van der Waals surface area (Å²) in [6, 6.07) is 12.1. The molecule has 3 aromatic rings. The summed E-state index contributed by atoms with van der Waals surface area (Å²) in [6.45, 7) is 2.69. The summed E-state index contributed by atoms with van der Waals surface area (Å²) in [4.78, 5) is 15.3. The Balaban J connectivity index is 1.51. The van der Waals surface area contributed by atoms with E-state index in [0.29, 0.717) is 18.5 Å². The first-order valence-electron chi connectivity index (χ1n) is 13.9. The quantitative estimate of drug-likeness (QED) is 0.388. The number of carbonyl (C=O) groups is 1. The van der Waals surface area contributed by atoms with Crippen LogP contribution in [0.4, 0.5) is 13.2 Å². The van der Waals surface area contributed by atoms with Crippen LogP contribution in [0.2, 0.25) is 0 Å². The lowest BCUT2D eigenvalue weighted by Gasteiger charge is -2.26. The lowest BCUT2D eigenvalue weighted by Crippen LogP contribution is -2.37. The second kappa shape index (κ2) is 12.2. The van der Waals surface area contributed by atoms with Crippen molar-refractivity contribution in [2.24, 2.45) is 0 Å². The van der Waals surface area contributed by atoms with Gasteiger partial charge in [-0.05, 0) is 43.6 Å². The molecule has 1 aromatic heterocycles. The van der Waals surface area contributed by atoms with Gasteiger partial charge in [0.25, 0.3) is 5.91 Å². The van der Waals surface area contributed by atoms with Crippen LogP contribution in [0.15, 0.2) is 48.5 Å². The monoisotopic (exact) mass is 605 g/mol. The average Bonchev–Trinajstić information content (AvgIpc) is 3.58. The van der Waals surface area contributed by atoms with Gasteiger partial charge in [0.05, 0.1) is 35.7 Å². The maximum Gasteiger partial charge on any atom is 0.417 e. The number of alkyl halides is 3. The van der Waals surface area contributed by atoms with Gasteiger partial charge in [0.1, 0.15) is 0 Å². The molecule has 1 fully saturated rings. The standard InChI is InChI=1S/C29H34F3N5O4S/c1-42(40,41)36-14-11-26-24(19-36)27(34-37(26)18-22(38)17-35-12-5-6-13-35)21-9-10-25(29(30,31)32)23(15-21)28(39)33-16-20-7-3-2-4-8-20/h2-4,7-10,15,22,38H,5-6,11-14,16-19H2,1H3,(H,33,39). The molecule has 2 aliphatic rings. The Labute approximate surface area is 243 Å². The summed E-state index contributed by atoms with van der Waals surface area (Å²) in [5.41, 5.74) is 0.922. The first kappa shape index (κ1) is 30.2. The topological polar surface area (TPSA) is 108 Å². The number of β-amino-alcohol motifs (C(OH)–C–C–N with tert-alkyl or cyclic N) is 1. The number of rotatable bonds is 9. The molecule has 5 rings (SSSR count). The number of sulfonamides is 1. The zero-order valence-electron chi connectivity index (χ0n) is 23.3. The van der Waals surface area contributed by atoms with Crippen LogP contribution in [0.25, 0.3) is 11.3 Å². The van der Waals surface area contributed by atoms with Gasteiger partial charge in [-0.3, -0.25) is 9.48 Å². The molecule has 2 aliphatic heterocycles. The van der Waals surface area contributed by atoms with Crippen LogP contribution in [0.3, 0.4) is 0 Å². The van der Waals surface area contributed by atoms with Gasteiger partial charge in [-0.1, -0.05) is 36.4 Å². The van der Waals surface area contributed by atoms with Crippen LogP contribution in [0.1, 0.15) is 45.6 Å². The number of aromatic nitrogens is 2. The Morgan fingerprint density at radius 1 is 1.07 bits per heavy atom. The third-order valence-electron chi connectivity index (χ3n) is 7.76. The molecule has 1 atom stereocenters. The molecular formula is C29H34F3N5O4S. The molecular weight excluding hydrogens is 571 g/mol. The van der Waals surface area contributed by atoms with E-state index in [9.17, 15) is 31.5 Å². The first-order valence-corrected chi connectivity index (χ1v) is 15.7. The number of hydrogen-bond donors (Lipinski definition) is 2. The fourth-order valence-electron chi connectivity index (χ4n) is 5.65. The van der Waals surface area contributed by atoms with Crippen molar-refractivity contribution in [1.29, 1.82) is 0 Å². The SMILES string of the molecule is CS(=O)(=O)N1CCc2c(c(-c3ccc(C(F)(F)F)c(C(=O)NCc4ccccc4)c3)nn2CC(O)CN2CCCC2)C1. The van der Waals surface area contributed by atoms with Crippen molar-refractivity contribution in [2.75, 3.05) is 32.4 Å². The largest absolute Gasteiger partial charge is 0.417 e. The number of aliphatic hydroxyl groups is 1. The Morgan fingerprint density at radius 3 is 2.45 bits per heavy atom. The predicted molar refractivity (Wildman–Crippen MR) is 151 cm³/mol. The second-order valence-corrected chi connectivity index (χ2v) is 12.9. The van der Waals surface area contributed by atoms with E-state index < -0.39 is 39.3 Å². The highest BCUT2D eigenvalue weighted by molar-refractivity contribution is 7.88. The molecule has 0 radical (unpaired) electrons. The van der Waals surface area contributed by atoms with E-state index in [-0.39, 0.29) is 37.4 Å². The summed E-state index contributed by atoms with van der Waals surface area (Å²) in [5, 5.41) is 18.1. The predicted octanol–water partition coefficient (Wildman–Crippen LogP) is 3.27. The molecule has 42 heavy (non-hydrogen) atoms. The van der Waals surface area contributed by atoms with E-state index in [1.54, 1.807) is 35.0 Å². The van der Waals surface area contributed by atoms with Crippen molar-refractivity contribution in [2.45, 2.75) is 51.2 Å². The molecule has 0 saturated carbocycles. The Bertz CT molecular complexity index is 1540. The van der Waals surface area contributed by atoms with Gasteiger partial charge in [0, 0.05) is 49.4 Å². The van der Waals surface area contributed by atoms with E-state index in [1.807, 2.05) is 0 Å². The van der Waals surface area contributed by atoms with Crippen LogP contribution in [-0.4, -0.2) is 77.0 Å². The van der Waals surface area contributed by atoms with E-state index in [2.05, 4.69) is 15.3 Å². The number of amides is 1. The number of likely N-dealkylation sites (tertiary alicyclic amines) is 1. The van der Waals surface area contributed by atoms with E-state index in [0.717, 1.165) is 55.6 Å². The van der Waals surface area contributed by atoms with E-state index >= 15 is 0 Å². The Hall–Kier alpha value is -3.26. The fourth-order valence-corrected chi connectivity index (χ4v) is 6.44. The van der Waals surface area contributed by atoms with Gasteiger partial charge in [0.15, 0.2) is 0 Å². The van der Waals surface area contributed by atoms with Crippen LogP contribution >= 0.6 is 0 Å². The van der Waals surface area contributed by atoms with Crippen LogP contribution in [0, 0.1) is 0 Å². The first-order chi connectivity index (χ1) is 19.9. The Kier molecular flexibility index (Phi) is 8.74. The number of nitrogens with one attached hydrogen (secondary N) is 1. The highest BCUT2D eigenvalue weighted by atomic mass is 32.2. The number of benzene rings is 2. The minimum atomic E-state index is -4.77. The van der Waals surface area contributed by atoms with Gasteiger partial charge < -0.3 is 15.3 Å². The van der Waals surface area contributed by atoms with Gasteiger partial charge in [-0.25, -0.2) is 8.42 Å². The highest BCUT2D eigenvalue weighted by Gasteiger charge is 2.36. The van der Waals surface area contributed by atoms with Gasteiger partial charge >= 0.3 is 6.18 Å². The van der Waals surface area contributed by atoms with Gasteiger partial charge in [-0.15, -0.1) is 0 Å². The van der Waals surface area contributed by atoms with Gasteiger partial charge in [-0.2, -0.15) is 22.6 Å². The zero-order chi connectivity index (χ0) is 30.1. The maximum atomic E-state index is 14.0. The number of fused-ring (bicyclic) bond motifs is 1. The molecule has 13 heteroatoms. The fraction of sp³-hybridized carbons (Fsp3) is 0.448. The van der Waals surface area contributed by atoms with Crippen molar-refractivity contribution in [3.05, 3.63) is 76.5 Å². The van der Waals surface area contributed by atoms with E-state index in [1.165, 1.54) is 10.4 Å². The number of halogens is 3. The summed E-state index contributed by atoms with van der Waals surface area (Å²) in [5.74, 6) is -0.889. The molecule has 1 saturated heterocycles. The lowest BCUT2D eigenvalue weighted by molar-refractivity contribution is -0.137. The molecule has 1 unspecified atom stereocenters. The average molecular weight is 606 g/mol. The molecule has 9 nitrogen and oxygen atoms in total. The van der Waals surface area contributed by atoms with Crippen molar-refractivity contribution >= 4 is 15.9 Å². The summed E-state index contributed by atoms with van der Waals surface area (Å²) >= 11 is 0. The van der Waals surface area contributed by atoms with Gasteiger partial charge in [0.2, 0.25) is 10.0 Å². The highest BCUT2D eigenvalue weighted by Crippen LogP contribution is 2.37. The number of hydrogen-bond acceptors (Lipinski definition) is 6. The van der Waals surface area contributed by atoms with Crippen molar-refractivity contribution in [1.82, 2.24) is 24.3 Å². The molecule has 0 spiro atoms. The molecule has 0 aliphatic carbocycles. The summed E-state index contributed by atoms with van der Waals surface area (Å²) in [6.07, 6.45) is -1.93. The molecule has 2 N–H and O–H groups in total. The zero-order valence-corrected chi connectivity index (χ0v) is 24.1. The molecule has 2 aromatic carbocycles. The normalized spacial score (nSPS) is 17.3. The van der Waals surface area contributed by atoms with Crippen molar-refractivity contribution in [3.63, 3.8) is 0 Å². The summed E-state index contributed by atoms with van der Waals surface area (Å²) in [7, 11) is -3.55. The third-order valence-corrected chi connectivity index (χ3v) is 9.01. The lowest BCUT2D eigenvalue weighted by atomic mass is 9.97. The number of aliphatic hydroxyl groups excluding tert-OH is 1. The van der Waals surface area contributed by atoms with Crippen LogP contribution in [-0.2, 0) is 42.3 Å². The second-order valence-electron chi connectivity index (χ2n) is 10.9. The molecule has 0 bridgehead atoms.